The molecule has 4 heterocycles. The van der Waals surface area contributed by atoms with Crippen molar-refractivity contribution in [2.45, 2.75) is 57.9 Å². The number of amides is 1. The fraction of sp³-hybridized carbons (Fsp3) is 0.500. The molecule has 8 nitrogen and oxygen atoms in total. The molecule has 0 spiro atoms. The van der Waals surface area contributed by atoms with Gasteiger partial charge in [-0.05, 0) is 55.0 Å². The van der Waals surface area contributed by atoms with Crippen molar-refractivity contribution in [3.8, 4) is 5.75 Å². The second-order valence-electron chi connectivity index (χ2n) is 9.31. The van der Waals surface area contributed by atoms with E-state index in [9.17, 15) is 4.79 Å². The van der Waals surface area contributed by atoms with Crippen LogP contribution >= 0.6 is 0 Å². The van der Waals surface area contributed by atoms with Crippen LogP contribution in [0.2, 0.25) is 0 Å². The SMILES string of the molecule is CC(Oc1ccc2ncc3c(c2c1)CCOC3)c1cn(C2CC(=O)N(C3CC3C)C2)nn1. The van der Waals surface area contributed by atoms with Crippen LogP contribution in [-0.2, 0) is 22.6 Å². The first kappa shape index (κ1) is 19.7. The van der Waals surface area contributed by atoms with Gasteiger partial charge in [0.2, 0.25) is 5.91 Å². The standard InChI is InChI=1S/C24H27N5O3/c1-14-7-23(14)28-11-17(8-24(28)30)29-12-22(26-27-29)15(2)32-18-3-4-21-20(9-18)19-5-6-31-13-16(19)10-25-21/h3-4,9-10,12,14-15,17,23H,5-8,11,13H2,1-2H3. The zero-order chi connectivity index (χ0) is 21.8. The van der Waals surface area contributed by atoms with Crippen LogP contribution in [0.5, 0.6) is 5.75 Å². The Morgan fingerprint density at radius 3 is 3.03 bits per heavy atom. The van der Waals surface area contributed by atoms with Gasteiger partial charge in [0.1, 0.15) is 17.5 Å². The number of benzene rings is 1. The third-order valence-corrected chi connectivity index (χ3v) is 7.03. The van der Waals surface area contributed by atoms with E-state index in [1.165, 1.54) is 5.56 Å². The zero-order valence-electron chi connectivity index (χ0n) is 18.4. The number of carbonyl (C=O) groups excluding carboxylic acids is 1. The highest BCUT2D eigenvalue weighted by Crippen LogP contribution is 2.39. The smallest absolute Gasteiger partial charge is 0.225 e. The van der Waals surface area contributed by atoms with Crippen LogP contribution in [0.1, 0.15) is 55.7 Å². The molecule has 4 unspecified atom stereocenters. The van der Waals surface area contributed by atoms with E-state index in [1.54, 1.807) is 0 Å². The summed E-state index contributed by atoms with van der Waals surface area (Å²) in [5.41, 5.74) is 4.18. The number of carbonyl (C=O) groups is 1. The molecule has 2 fully saturated rings. The Morgan fingerprint density at radius 2 is 2.19 bits per heavy atom. The largest absolute Gasteiger partial charge is 0.484 e. The van der Waals surface area contributed by atoms with Crippen molar-refractivity contribution in [1.29, 1.82) is 0 Å². The maximum absolute atomic E-state index is 12.4. The highest BCUT2D eigenvalue weighted by atomic mass is 16.5. The number of ether oxygens (including phenoxy) is 2. The Bertz CT molecular complexity index is 1190. The highest BCUT2D eigenvalue weighted by Gasteiger charge is 2.45. The number of likely N-dealkylation sites (tertiary alicyclic amines) is 1. The molecule has 8 heteroatoms. The van der Waals surface area contributed by atoms with Gasteiger partial charge in [0.15, 0.2) is 0 Å². The first-order chi connectivity index (χ1) is 15.6. The summed E-state index contributed by atoms with van der Waals surface area (Å²) in [5.74, 6) is 1.63. The summed E-state index contributed by atoms with van der Waals surface area (Å²) < 4.78 is 13.6. The van der Waals surface area contributed by atoms with Gasteiger partial charge in [-0.3, -0.25) is 9.78 Å². The van der Waals surface area contributed by atoms with Gasteiger partial charge in [-0.25, -0.2) is 4.68 Å². The van der Waals surface area contributed by atoms with Gasteiger partial charge in [-0.2, -0.15) is 0 Å². The van der Waals surface area contributed by atoms with Gasteiger partial charge in [0.25, 0.3) is 0 Å². The maximum Gasteiger partial charge on any atom is 0.225 e. The molecule has 166 valence electrons. The lowest BCUT2D eigenvalue weighted by molar-refractivity contribution is -0.128. The summed E-state index contributed by atoms with van der Waals surface area (Å²) >= 11 is 0. The number of nitrogens with zero attached hydrogens (tertiary/aromatic N) is 5. The average molecular weight is 434 g/mol. The highest BCUT2D eigenvalue weighted by molar-refractivity contribution is 5.84. The van der Waals surface area contributed by atoms with Crippen LogP contribution in [0.3, 0.4) is 0 Å². The molecule has 3 aromatic rings. The minimum atomic E-state index is -0.256. The molecule has 1 saturated heterocycles. The van der Waals surface area contributed by atoms with E-state index < -0.39 is 0 Å². The van der Waals surface area contributed by atoms with Crippen LogP contribution in [-0.4, -0.2) is 50.0 Å². The van der Waals surface area contributed by atoms with E-state index in [2.05, 4.69) is 28.3 Å². The number of fused-ring (bicyclic) bond motifs is 3. The minimum absolute atomic E-state index is 0.0456. The zero-order valence-corrected chi connectivity index (χ0v) is 18.4. The average Bonchev–Trinajstić information content (AvgIpc) is 3.17. The summed E-state index contributed by atoms with van der Waals surface area (Å²) in [7, 11) is 0. The Morgan fingerprint density at radius 1 is 1.31 bits per heavy atom. The Balaban J connectivity index is 1.18. The van der Waals surface area contributed by atoms with E-state index in [4.69, 9.17) is 9.47 Å². The fourth-order valence-corrected chi connectivity index (χ4v) is 4.98. The van der Waals surface area contributed by atoms with E-state index in [0.29, 0.717) is 25.0 Å². The molecular formula is C24H27N5O3. The molecule has 32 heavy (non-hydrogen) atoms. The molecule has 4 atom stereocenters. The lowest BCUT2D eigenvalue weighted by Gasteiger charge is -2.19. The quantitative estimate of drug-likeness (QED) is 0.615. The summed E-state index contributed by atoms with van der Waals surface area (Å²) in [4.78, 5) is 19.0. The Labute approximate surface area is 186 Å². The second-order valence-corrected chi connectivity index (χ2v) is 9.31. The molecule has 2 aliphatic heterocycles. The molecular weight excluding hydrogens is 406 g/mol. The lowest BCUT2D eigenvalue weighted by Crippen LogP contribution is -2.28. The first-order valence-electron chi connectivity index (χ1n) is 11.4. The number of aromatic nitrogens is 4. The van der Waals surface area contributed by atoms with Crippen molar-refractivity contribution in [2.75, 3.05) is 13.2 Å². The van der Waals surface area contributed by atoms with Crippen molar-refractivity contribution in [3.05, 3.63) is 47.4 Å². The normalized spacial score (nSPS) is 25.8. The molecule has 0 N–H and O–H groups in total. The molecule has 2 aromatic heterocycles. The van der Waals surface area contributed by atoms with Crippen LogP contribution in [0, 0.1) is 5.92 Å². The van der Waals surface area contributed by atoms with E-state index in [-0.39, 0.29) is 18.1 Å². The predicted octanol–water partition coefficient (Wildman–Crippen LogP) is 3.22. The summed E-state index contributed by atoms with van der Waals surface area (Å²) in [6.07, 6.45) is 6.07. The molecule has 1 aromatic carbocycles. The molecule has 3 aliphatic rings. The molecule has 1 aliphatic carbocycles. The van der Waals surface area contributed by atoms with E-state index in [0.717, 1.165) is 53.9 Å². The molecule has 6 rings (SSSR count). The van der Waals surface area contributed by atoms with Crippen molar-refractivity contribution in [1.82, 2.24) is 24.9 Å². The lowest BCUT2D eigenvalue weighted by atomic mass is 10.00. The van der Waals surface area contributed by atoms with Crippen molar-refractivity contribution < 1.29 is 14.3 Å². The number of rotatable bonds is 5. The van der Waals surface area contributed by atoms with Crippen LogP contribution in [0.25, 0.3) is 10.9 Å². The summed E-state index contributed by atoms with van der Waals surface area (Å²) in [6.45, 7) is 6.24. The van der Waals surface area contributed by atoms with Gasteiger partial charge < -0.3 is 14.4 Å². The molecule has 1 amide bonds. The molecule has 0 bridgehead atoms. The monoisotopic (exact) mass is 433 g/mol. The van der Waals surface area contributed by atoms with E-state index >= 15 is 0 Å². The van der Waals surface area contributed by atoms with Gasteiger partial charge in [-0.1, -0.05) is 12.1 Å². The van der Waals surface area contributed by atoms with Crippen molar-refractivity contribution in [2.24, 2.45) is 5.92 Å². The van der Waals surface area contributed by atoms with Crippen LogP contribution in [0.15, 0.2) is 30.6 Å². The maximum atomic E-state index is 12.4. The Hall–Kier alpha value is -3.00. The minimum Gasteiger partial charge on any atom is -0.484 e. The number of pyridine rings is 1. The van der Waals surface area contributed by atoms with Crippen LogP contribution in [0.4, 0.5) is 0 Å². The van der Waals surface area contributed by atoms with Gasteiger partial charge in [0.05, 0.1) is 37.4 Å². The third-order valence-electron chi connectivity index (χ3n) is 7.03. The van der Waals surface area contributed by atoms with Gasteiger partial charge in [-0.15, -0.1) is 5.10 Å². The predicted molar refractivity (Wildman–Crippen MR) is 117 cm³/mol. The fourth-order valence-electron chi connectivity index (χ4n) is 4.98. The van der Waals surface area contributed by atoms with Crippen molar-refractivity contribution >= 4 is 16.8 Å². The number of hydrogen-bond acceptors (Lipinski definition) is 6. The summed E-state index contributed by atoms with van der Waals surface area (Å²) in [5, 5.41) is 9.79. The number of hydrogen-bond donors (Lipinski definition) is 0. The molecule has 0 radical (unpaired) electrons. The third kappa shape index (κ3) is 3.43. The first-order valence-corrected chi connectivity index (χ1v) is 11.4. The van der Waals surface area contributed by atoms with Gasteiger partial charge >= 0.3 is 0 Å². The van der Waals surface area contributed by atoms with Gasteiger partial charge in [0, 0.05) is 24.2 Å². The second kappa shape index (κ2) is 7.55. The van der Waals surface area contributed by atoms with Crippen LogP contribution < -0.4 is 4.74 Å². The van der Waals surface area contributed by atoms with Crippen molar-refractivity contribution in [3.63, 3.8) is 0 Å². The Kier molecular flexibility index (Phi) is 4.64. The molecule has 1 saturated carbocycles. The topological polar surface area (TPSA) is 82.4 Å². The van der Waals surface area contributed by atoms with E-state index in [1.807, 2.05) is 41.0 Å². The summed E-state index contributed by atoms with van der Waals surface area (Å²) in [6, 6.07) is 6.48.